The maximum absolute atomic E-state index is 13.2. The summed E-state index contributed by atoms with van der Waals surface area (Å²) in [7, 11) is -1.39. The number of hydrogen-bond donors (Lipinski definition) is 2. The fourth-order valence-electron chi connectivity index (χ4n) is 2.77. The van der Waals surface area contributed by atoms with E-state index in [9.17, 15) is 17.6 Å². The molecule has 1 aromatic carbocycles. The number of aromatic nitrogens is 1. The lowest BCUT2D eigenvalue weighted by Crippen LogP contribution is -2.43. The Hall–Kier alpha value is -2.09. The molecule has 1 atom stereocenters. The predicted octanol–water partition coefficient (Wildman–Crippen LogP) is 1.64. The molecule has 0 saturated carbocycles. The number of halogens is 1. The second kappa shape index (κ2) is 5.84. The number of aromatic amines is 1. The molecule has 2 amide bonds. The fourth-order valence-corrected chi connectivity index (χ4v) is 4.44. The number of H-pyrrole nitrogens is 1. The van der Waals surface area contributed by atoms with E-state index in [1.807, 2.05) is 0 Å². The second-order valence-corrected chi connectivity index (χ2v) is 8.16. The van der Waals surface area contributed by atoms with Crippen LogP contribution < -0.4 is 5.32 Å². The van der Waals surface area contributed by atoms with Gasteiger partial charge in [-0.3, -0.25) is 0 Å². The van der Waals surface area contributed by atoms with Crippen molar-refractivity contribution in [3.63, 3.8) is 0 Å². The fraction of sp³-hybridized carbons (Fsp3) is 0.400. The quantitative estimate of drug-likeness (QED) is 0.892. The van der Waals surface area contributed by atoms with E-state index < -0.39 is 9.84 Å². The van der Waals surface area contributed by atoms with Crippen molar-refractivity contribution in [2.75, 3.05) is 18.6 Å². The number of rotatable bonds is 3. The highest BCUT2D eigenvalue weighted by atomic mass is 32.2. The number of hydrogen-bond acceptors (Lipinski definition) is 3. The van der Waals surface area contributed by atoms with Crippen molar-refractivity contribution in [3.8, 4) is 0 Å². The summed E-state index contributed by atoms with van der Waals surface area (Å²) in [5.74, 6) is -0.190. The summed E-state index contributed by atoms with van der Waals surface area (Å²) in [6.07, 6.45) is 0.452. The first-order valence-corrected chi connectivity index (χ1v) is 9.14. The number of nitrogens with one attached hydrogen (secondary N) is 2. The van der Waals surface area contributed by atoms with E-state index in [-0.39, 0.29) is 29.4 Å². The Balaban J connectivity index is 1.63. The first-order chi connectivity index (χ1) is 10.8. The lowest BCUT2D eigenvalue weighted by atomic mass is 10.2. The molecule has 8 heteroatoms. The van der Waals surface area contributed by atoms with Gasteiger partial charge in [-0.1, -0.05) is 0 Å². The van der Waals surface area contributed by atoms with Gasteiger partial charge in [-0.2, -0.15) is 0 Å². The van der Waals surface area contributed by atoms with Crippen molar-refractivity contribution >= 4 is 26.8 Å². The van der Waals surface area contributed by atoms with Crippen LogP contribution in [0, 0.1) is 5.82 Å². The van der Waals surface area contributed by atoms with Crippen LogP contribution in [0.2, 0.25) is 0 Å². The summed E-state index contributed by atoms with van der Waals surface area (Å²) in [6.45, 7) is 0.321. The zero-order valence-electron chi connectivity index (χ0n) is 12.7. The number of amides is 2. The van der Waals surface area contributed by atoms with Gasteiger partial charge in [0.25, 0.3) is 0 Å². The summed E-state index contributed by atoms with van der Waals surface area (Å²) >= 11 is 0. The molecule has 1 fully saturated rings. The van der Waals surface area contributed by atoms with Gasteiger partial charge in [0.05, 0.1) is 18.1 Å². The van der Waals surface area contributed by atoms with Gasteiger partial charge in [0.1, 0.15) is 5.82 Å². The van der Waals surface area contributed by atoms with Gasteiger partial charge in [0, 0.05) is 29.7 Å². The number of urea groups is 1. The van der Waals surface area contributed by atoms with Gasteiger partial charge in [0.15, 0.2) is 9.84 Å². The van der Waals surface area contributed by atoms with Crippen LogP contribution in [0.3, 0.4) is 0 Å². The van der Waals surface area contributed by atoms with E-state index in [0.29, 0.717) is 13.0 Å². The van der Waals surface area contributed by atoms with Gasteiger partial charge in [-0.05, 0) is 30.7 Å². The zero-order chi connectivity index (χ0) is 16.6. The molecule has 1 unspecified atom stereocenters. The summed E-state index contributed by atoms with van der Waals surface area (Å²) in [5.41, 5.74) is 1.58. The van der Waals surface area contributed by atoms with Crippen molar-refractivity contribution in [1.29, 1.82) is 0 Å². The SMILES string of the molecule is CN(Cc1cc2cc(F)ccc2[nH]1)C(=O)NC1CCS(=O)(=O)C1. The van der Waals surface area contributed by atoms with Crippen molar-refractivity contribution in [2.24, 2.45) is 0 Å². The van der Waals surface area contributed by atoms with Crippen LogP contribution in [0.25, 0.3) is 10.9 Å². The Labute approximate surface area is 133 Å². The van der Waals surface area contributed by atoms with Crippen LogP contribution in [0.15, 0.2) is 24.3 Å². The summed E-state index contributed by atoms with van der Waals surface area (Å²) in [6, 6.07) is 5.60. The van der Waals surface area contributed by atoms with Crippen LogP contribution in [-0.2, 0) is 16.4 Å². The zero-order valence-corrected chi connectivity index (χ0v) is 13.5. The molecular formula is C15H18FN3O3S. The maximum Gasteiger partial charge on any atom is 0.317 e. The first-order valence-electron chi connectivity index (χ1n) is 7.31. The normalized spacial score (nSPS) is 19.8. The molecule has 0 spiro atoms. The van der Waals surface area contributed by atoms with Gasteiger partial charge >= 0.3 is 6.03 Å². The number of fused-ring (bicyclic) bond motifs is 1. The number of benzene rings is 1. The number of sulfone groups is 1. The monoisotopic (exact) mass is 339 g/mol. The second-order valence-electron chi connectivity index (χ2n) is 5.93. The lowest BCUT2D eigenvalue weighted by molar-refractivity contribution is 0.203. The number of nitrogens with zero attached hydrogens (tertiary/aromatic N) is 1. The molecule has 1 aliphatic heterocycles. The number of carbonyl (C=O) groups excluding carboxylic acids is 1. The summed E-state index contributed by atoms with van der Waals surface area (Å²) in [5, 5.41) is 3.48. The molecule has 0 aliphatic carbocycles. The Morgan fingerprint density at radius 1 is 1.43 bits per heavy atom. The van der Waals surface area contributed by atoms with E-state index in [4.69, 9.17) is 0 Å². The summed E-state index contributed by atoms with van der Waals surface area (Å²) in [4.78, 5) is 16.7. The van der Waals surface area contributed by atoms with Crippen LogP contribution in [-0.4, -0.2) is 48.9 Å². The lowest BCUT2D eigenvalue weighted by Gasteiger charge is -2.19. The highest BCUT2D eigenvalue weighted by molar-refractivity contribution is 7.91. The van der Waals surface area contributed by atoms with E-state index >= 15 is 0 Å². The van der Waals surface area contributed by atoms with E-state index in [2.05, 4.69) is 10.3 Å². The van der Waals surface area contributed by atoms with E-state index in [1.54, 1.807) is 19.2 Å². The predicted molar refractivity (Wildman–Crippen MR) is 85.3 cm³/mol. The molecule has 1 saturated heterocycles. The molecular weight excluding hydrogens is 321 g/mol. The van der Waals surface area contributed by atoms with Crippen LogP contribution in [0.4, 0.5) is 9.18 Å². The van der Waals surface area contributed by atoms with Gasteiger partial charge < -0.3 is 15.2 Å². The Bertz CT molecular complexity index is 847. The smallest absolute Gasteiger partial charge is 0.317 e. The first kappa shape index (κ1) is 15.8. The third-order valence-electron chi connectivity index (χ3n) is 3.95. The minimum Gasteiger partial charge on any atom is -0.357 e. The van der Waals surface area contributed by atoms with Gasteiger partial charge in [-0.15, -0.1) is 0 Å². The standard InChI is InChI=1S/C15H18FN3O3S/c1-19(15(20)18-12-4-5-23(21,22)9-12)8-13-7-10-6-11(16)2-3-14(10)17-13/h2-3,6-7,12,17H,4-5,8-9H2,1H3,(H,18,20). The Kier molecular flexibility index (Phi) is 4.01. The van der Waals surface area contributed by atoms with Crippen LogP contribution in [0.1, 0.15) is 12.1 Å². The topological polar surface area (TPSA) is 82.3 Å². The Morgan fingerprint density at radius 2 is 2.22 bits per heavy atom. The molecule has 1 aliphatic rings. The average Bonchev–Trinajstić information content (AvgIpc) is 3.00. The van der Waals surface area contributed by atoms with Gasteiger partial charge in [0.2, 0.25) is 0 Å². The van der Waals surface area contributed by atoms with Crippen LogP contribution >= 0.6 is 0 Å². The molecule has 0 radical (unpaired) electrons. The van der Waals surface area contributed by atoms with Gasteiger partial charge in [-0.25, -0.2) is 17.6 Å². The third-order valence-corrected chi connectivity index (χ3v) is 5.72. The highest BCUT2D eigenvalue weighted by Gasteiger charge is 2.29. The molecule has 3 rings (SSSR count). The molecule has 6 nitrogen and oxygen atoms in total. The molecule has 124 valence electrons. The van der Waals surface area contributed by atoms with Crippen molar-refractivity contribution in [2.45, 2.75) is 19.0 Å². The van der Waals surface area contributed by atoms with Crippen molar-refractivity contribution in [3.05, 3.63) is 35.8 Å². The maximum atomic E-state index is 13.2. The van der Waals surface area contributed by atoms with Crippen molar-refractivity contribution in [1.82, 2.24) is 15.2 Å². The minimum absolute atomic E-state index is 0.00174. The minimum atomic E-state index is -3.02. The molecule has 0 bridgehead atoms. The average molecular weight is 339 g/mol. The van der Waals surface area contributed by atoms with Crippen molar-refractivity contribution < 1.29 is 17.6 Å². The van der Waals surface area contributed by atoms with E-state index in [1.165, 1.54) is 17.0 Å². The Morgan fingerprint density at radius 3 is 2.91 bits per heavy atom. The molecule has 2 N–H and O–H groups in total. The third kappa shape index (κ3) is 3.64. The molecule has 1 aromatic heterocycles. The van der Waals surface area contributed by atoms with E-state index in [0.717, 1.165) is 16.6 Å². The molecule has 2 heterocycles. The highest BCUT2D eigenvalue weighted by Crippen LogP contribution is 2.18. The number of carbonyl (C=O) groups is 1. The largest absolute Gasteiger partial charge is 0.357 e. The molecule has 23 heavy (non-hydrogen) atoms. The van der Waals surface area contributed by atoms with Crippen LogP contribution in [0.5, 0.6) is 0 Å². The molecule has 2 aromatic rings. The summed E-state index contributed by atoms with van der Waals surface area (Å²) < 4.78 is 36.0.